The van der Waals surface area contributed by atoms with Crippen molar-refractivity contribution in [1.82, 2.24) is 14.1 Å². The van der Waals surface area contributed by atoms with Crippen LogP contribution in [0.1, 0.15) is 39.3 Å². The van der Waals surface area contributed by atoms with E-state index < -0.39 is 15.9 Å². The normalized spacial score (nSPS) is 18.6. The highest BCUT2D eigenvalue weighted by Crippen LogP contribution is 2.27. The van der Waals surface area contributed by atoms with Crippen LogP contribution in [0.15, 0.2) is 39.7 Å². The molecule has 2 heterocycles. The third-order valence-electron chi connectivity index (χ3n) is 4.92. The number of hydrogen-bond donors (Lipinski definition) is 1. The number of aryl methyl sites for hydroxylation is 1. The molecule has 1 aromatic heterocycles. The lowest BCUT2D eigenvalue weighted by Crippen LogP contribution is -2.44. The van der Waals surface area contributed by atoms with E-state index in [1.54, 1.807) is 28.9 Å². The monoisotopic (exact) mass is 482 g/mol. The first-order chi connectivity index (χ1) is 13.5. The zero-order valence-corrected chi connectivity index (χ0v) is 19.5. The van der Waals surface area contributed by atoms with Crippen LogP contribution in [0.3, 0.4) is 0 Å². The maximum Gasteiger partial charge on any atom is 0.243 e. The van der Waals surface area contributed by atoms with E-state index in [-0.39, 0.29) is 22.9 Å². The Balaban J connectivity index is 1.76. The number of nitrogens with one attached hydrogen (secondary N) is 1. The molecular formula is C20H27BrN4O3S. The van der Waals surface area contributed by atoms with Crippen molar-refractivity contribution in [3.05, 3.63) is 40.5 Å². The predicted molar refractivity (Wildman–Crippen MR) is 116 cm³/mol. The number of piperidine rings is 1. The van der Waals surface area contributed by atoms with Crippen LogP contribution in [0.2, 0.25) is 0 Å². The molecule has 158 valence electrons. The molecule has 0 radical (unpaired) electrons. The minimum absolute atomic E-state index is 0.173. The number of aromatic nitrogens is 2. The molecule has 0 spiro atoms. The van der Waals surface area contributed by atoms with Gasteiger partial charge in [0, 0.05) is 23.6 Å². The van der Waals surface area contributed by atoms with Crippen LogP contribution in [-0.2, 0) is 20.4 Å². The zero-order chi connectivity index (χ0) is 21.4. The molecule has 1 saturated heterocycles. The first kappa shape index (κ1) is 22.0. The van der Waals surface area contributed by atoms with E-state index in [1.165, 1.54) is 4.31 Å². The van der Waals surface area contributed by atoms with Gasteiger partial charge >= 0.3 is 0 Å². The molecule has 1 atom stereocenters. The lowest BCUT2D eigenvalue weighted by Gasteiger charge is -2.31. The fraction of sp³-hybridized carbons (Fsp3) is 0.500. The molecule has 1 N–H and O–H groups in total. The van der Waals surface area contributed by atoms with E-state index in [9.17, 15) is 13.2 Å². The highest BCUT2D eigenvalue weighted by atomic mass is 79.9. The van der Waals surface area contributed by atoms with Crippen LogP contribution in [0.5, 0.6) is 0 Å². The summed E-state index contributed by atoms with van der Waals surface area (Å²) in [4.78, 5) is 13.2. The second kappa shape index (κ2) is 8.20. The first-order valence-corrected chi connectivity index (χ1v) is 11.9. The molecule has 1 fully saturated rings. The Morgan fingerprint density at radius 3 is 2.52 bits per heavy atom. The third kappa shape index (κ3) is 4.90. The summed E-state index contributed by atoms with van der Waals surface area (Å²) in [7, 11) is -3.63. The van der Waals surface area contributed by atoms with Gasteiger partial charge in [-0.25, -0.2) is 13.1 Å². The topological polar surface area (TPSA) is 84.3 Å². The van der Waals surface area contributed by atoms with Crippen molar-refractivity contribution in [3.8, 4) is 0 Å². The third-order valence-corrected chi connectivity index (χ3v) is 7.33. The van der Waals surface area contributed by atoms with Gasteiger partial charge in [-0.1, -0.05) is 15.9 Å². The first-order valence-electron chi connectivity index (χ1n) is 9.62. The number of benzene rings is 1. The maximum absolute atomic E-state index is 13.0. The average Bonchev–Trinajstić information content (AvgIpc) is 3.03. The van der Waals surface area contributed by atoms with Crippen molar-refractivity contribution >= 4 is 37.7 Å². The van der Waals surface area contributed by atoms with Gasteiger partial charge in [0.05, 0.1) is 22.0 Å². The average molecular weight is 483 g/mol. The Bertz CT molecular complexity index is 994. The van der Waals surface area contributed by atoms with E-state index in [2.05, 4.69) is 26.3 Å². The number of halogens is 1. The molecule has 3 rings (SSSR count). The molecule has 1 aliphatic rings. The number of hydrogen-bond acceptors (Lipinski definition) is 4. The van der Waals surface area contributed by atoms with Gasteiger partial charge in [0.25, 0.3) is 0 Å². The molecule has 0 saturated carbocycles. The number of amides is 1. The summed E-state index contributed by atoms with van der Waals surface area (Å²) in [5.74, 6) is 0.0524. The fourth-order valence-corrected chi connectivity index (χ4v) is 5.25. The predicted octanol–water partition coefficient (Wildman–Crippen LogP) is 3.75. The number of nitrogens with zero attached hydrogens (tertiary/aromatic N) is 3. The minimum Gasteiger partial charge on any atom is -0.311 e. The van der Waals surface area contributed by atoms with E-state index in [0.717, 1.165) is 10.2 Å². The van der Waals surface area contributed by atoms with E-state index in [4.69, 9.17) is 0 Å². The summed E-state index contributed by atoms with van der Waals surface area (Å²) < 4.78 is 30.0. The van der Waals surface area contributed by atoms with Crippen LogP contribution < -0.4 is 5.32 Å². The summed E-state index contributed by atoms with van der Waals surface area (Å²) in [5.41, 5.74) is 0.540. The lowest BCUT2D eigenvalue weighted by atomic mass is 9.99. The second-order valence-electron chi connectivity index (χ2n) is 8.40. The Morgan fingerprint density at radius 1 is 1.24 bits per heavy atom. The van der Waals surface area contributed by atoms with Crippen molar-refractivity contribution in [2.24, 2.45) is 5.92 Å². The molecule has 1 aromatic carbocycles. The number of anilines is 1. The van der Waals surface area contributed by atoms with Gasteiger partial charge in [0.1, 0.15) is 5.82 Å². The summed E-state index contributed by atoms with van der Waals surface area (Å²) >= 11 is 3.32. The van der Waals surface area contributed by atoms with Crippen LogP contribution >= 0.6 is 15.9 Å². The van der Waals surface area contributed by atoms with Crippen LogP contribution in [0, 0.1) is 12.8 Å². The molecule has 0 bridgehead atoms. The van der Waals surface area contributed by atoms with E-state index in [0.29, 0.717) is 25.2 Å². The molecule has 1 aliphatic heterocycles. The molecule has 1 amide bonds. The minimum atomic E-state index is -3.63. The molecule has 29 heavy (non-hydrogen) atoms. The maximum atomic E-state index is 13.0. The van der Waals surface area contributed by atoms with Crippen LogP contribution in [0.4, 0.5) is 5.82 Å². The van der Waals surface area contributed by atoms with Gasteiger partial charge in [-0.05, 0) is 64.8 Å². The summed E-state index contributed by atoms with van der Waals surface area (Å²) in [6.07, 6.45) is 1.30. The molecule has 2 aromatic rings. The summed E-state index contributed by atoms with van der Waals surface area (Å²) in [5, 5.41) is 7.43. The lowest BCUT2D eigenvalue weighted by molar-refractivity contribution is -0.120. The van der Waals surface area contributed by atoms with Gasteiger partial charge in [-0.2, -0.15) is 9.40 Å². The molecule has 0 aliphatic carbocycles. The number of rotatable bonds is 4. The van der Waals surface area contributed by atoms with E-state index >= 15 is 0 Å². The van der Waals surface area contributed by atoms with Gasteiger partial charge in [-0.3, -0.25) is 4.79 Å². The zero-order valence-electron chi connectivity index (χ0n) is 17.1. The van der Waals surface area contributed by atoms with Crippen molar-refractivity contribution in [3.63, 3.8) is 0 Å². The van der Waals surface area contributed by atoms with Gasteiger partial charge in [0.15, 0.2) is 0 Å². The van der Waals surface area contributed by atoms with E-state index in [1.807, 2.05) is 33.8 Å². The van der Waals surface area contributed by atoms with Gasteiger partial charge < -0.3 is 5.32 Å². The van der Waals surface area contributed by atoms with Gasteiger partial charge in [0.2, 0.25) is 15.9 Å². The van der Waals surface area contributed by atoms with Crippen LogP contribution in [0.25, 0.3) is 0 Å². The standard InChI is InChI=1S/C20H27BrN4O3S/c1-14-12-18(25(23-14)20(2,3)4)22-19(26)15-6-5-11-24(13-15)29(27,28)17-9-7-16(21)8-10-17/h7-10,12,15H,5-6,11,13H2,1-4H3,(H,22,26). The number of carbonyl (C=O) groups excluding carboxylic acids is 1. The van der Waals surface area contributed by atoms with Crippen molar-refractivity contribution in [2.45, 2.75) is 51.0 Å². The van der Waals surface area contributed by atoms with Crippen LogP contribution in [-0.4, -0.2) is 41.5 Å². The Kier molecular flexibility index (Phi) is 6.21. The molecular weight excluding hydrogens is 456 g/mol. The number of carbonyl (C=O) groups is 1. The smallest absolute Gasteiger partial charge is 0.243 e. The number of sulfonamides is 1. The van der Waals surface area contributed by atoms with Crippen molar-refractivity contribution in [1.29, 1.82) is 0 Å². The largest absolute Gasteiger partial charge is 0.311 e. The van der Waals surface area contributed by atoms with Gasteiger partial charge in [-0.15, -0.1) is 0 Å². The fourth-order valence-electron chi connectivity index (χ4n) is 3.46. The van der Waals surface area contributed by atoms with Crippen molar-refractivity contribution < 1.29 is 13.2 Å². The Hall–Kier alpha value is -1.71. The molecule has 1 unspecified atom stereocenters. The summed E-state index contributed by atoms with van der Waals surface area (Å²) in [6, 6.07) is 8.40. The quantitative estimate of drug-likeness (QED) is 0.718. The molecule has 7 nitrogen and oxygen atoms in total. The summed E-state index contributed by atoms with van der Waals surface area (Å²) in [6.45, 7) is 8.52. The molecule has 9 heteroatoms. The SMILES string of the molecule is Cc1cc(NC(=O)C2CCCN(S(=O)(=O)c3ccc(Br)cc3)C2)n(C(C)(C)C)n1. The Morgan fingerprint density at radius 2 is 1.90 bits per heavy atom. The second-order valence-corrected chi connectivity index (χ2v) is 11.3. The highest BCUT2D eigenvalue weighted by molar-refractivity contribution is 9.10. The van der Waals surface area contributed by atoms with Crippen molar-refractivity contribution in [2.75, 3.05) is 18.4 Å². The highest BCUT2D eigenvalue weighted by Gasteiger charge is 2.34. The Labute approximate surface area is 180 Å².